The number of carbonyl (C=O) groups is 1. The molecular formula is C7H13NO3S. The summed E-state index contributed by atoms with van der Waals surface area (Å²) >= 11 is 0. The summed E-state index contributed by atoms with van der Waals surface area (Å²) in [5.41, 5.74) is 0. The Hall–Kier alpha value is -0.580. The van der Waals surface area contributed by atoms with E-state index in [0.29, 0.717) is 0 Å². The summed E-state index contributed by atoms with van der Waals surface area (Å²) in [6, 6.07) is 0. The van der Waals surface area contributed by atoms with Crippen LogP contribution in [0.5, 0.6) is 0 Å². The number of sulfone groups is 1. The van der Waals surface area contributed by atoms with Crippen molar-refractivity contribution in [2.24, 2.45) is 5.92 Å². The SMILES string of the molecule is CC(C)C1(C)NC(=O)CS1(=O)=O. The van der Waals surface area contributed by atoms with Gasteiger partial charge in [-0.1, -0.05) is 13.8 Å². The molecule has 1 heterocycles. The third-order valence-corrected chi connectivity index (χ3v) is 4.96. The third kappa shape index (κ3) is 1.12. The fourth-order valence-electron chi connectivity index (χ4n) is 1.22. The highest BCUT2D eigenvalue weighted by atomic mass is 32.2. The minimum absolute atomic E-state index is 0.103. The van der Waals surface area contributed by atoms with Crippen LogP contribution in [0.25, 0.3) is 0 Å². The van der Waals surface area contributed by atoms with E-state index in [9.17, 15) is 13.2 Å². The average molecular weight is 191 g/mol. The van der Waals surface area contributed by atoms with E-state index in [2.05, 4.69) is 5.32 Å². The van der Waals surface area contributed by atoms with E-state index in [4.69, 9.17) is 0 Å². The van der Waals surface area contributed by atoms with Gasteiger partial charge in [0, 0.05) is 0 Å². The first-order valence-corrected chi connectivity index (χ1v) is 5.48. The van der Waals surface area contributed by atoms with Crippen LogP contribution in [-0.4, -0.2) is 24.9 Å². The molecule has 1 rings (SSSR count). The van der Waals surface area contributed by atoms with Crippen molar-refractivity contribution in [1.29, 1.82) is 0 Å². The fourth-order valence-corrected chi connectivity index (χ4v) is 2.92. The van der Waals surface area contributed by atoms with Crippen LogP contribution in [0.4, 0.5) is 0 Å². The van der Waals surface area contributed by atoms with Crippen LogP contribution in [-0.2, 0) is 14.6 Å². The molecule has 0 saturated carbocycles. The summed E-state index contributed by atoms with van der Waals surface area (Å²) in [5, 5.41) is 2.49. The number of carbonyl (C=O) groups excluding carboxylic acids is 1. The molecule has 70 valence electrons. The molecule has 4 nitrogen and oxygen atoms in total. The van der Waals surface area contributed by atoms with E-state index >= 15 is 0 Å². The molecule has 0 aromatic heterocycles. The van der Waals surface area contributed by atoms with Crippen molar-refractivity contribution in [2.45, 2.75) is 25.6 Å². The average Bonchev–Trinajstić information content (AvgIpc) is 2.02. The lowest BCUT2D eigenvalue weighted by Crippen LogP contribution is -2.47. The molecule has 0 aromatic rings. The lowest BCUT2D eigenvalue weighted by atomic mass is 10.1. The van der Waals surface area contributed by atoms with Gasteiger partial charge in [-0.15, -0.1) is 0 Å². The van der Waals surface area contributed by atoms with Crippen LogP contribution in [0.1, 0.15) is 20.8 Å². The van der Waals surface area contributed by atoms with E-state index in [1.54, 1.807) is 20.8 Å². The van der Waals surface area contributed by atoms with Gasteiger partial charge in [-0.3, -0.25) is 4.79 Å². The van der Waals surface area contributed by atoms with E-state index in [-0.39, 0.29) is 11.7 Å². The quantitative estimate of drug-likeness (QED) is 0.629. The predicted octanol–water partition coefficient (Wildman–Crippen LogP) is -0.0968. The minimum Gasteiger partial charge on any atom is -0.336 e. The summed E-state index contributed by atoms with van der Waals surface area (Å²) < 4.78 is 22.9. The lowest BCUT2D eigenvalue weighted by Gasteiger charge is -2.26. The van der Waals surface area contributed by atoms with Crippen molar-refractivity contribution in [3.8, 4) is 0 Å². The van der Waals surface area contributed by atoms with Gasteiger partial charge in [0.15, 0.2) is 9.84 Å². The molecule has 1 amide bonds. The first-order chi connectivity index (χ1) is 5.29. The topological polar surface area (TPSA) is 63.2 Å². The molecule has 1 atom stereocenters. The fraction of sp³-hybridized carbons (Fsp3) is 0.857. The summed E-state index contributed by atoms with van der Waals surface area (Å²) in [4.78, 5) is 9.82. The summed E-state index contributed by atoms with van der Waals surface area (Å²) in [6.07, 6.45) is 0. The molecule has 0 aromatic carbocycles. The highest BCUT2D eigenvalue weighted by Crippen LogP contribution is 2.28. The zero-order chi connectivity index (χ0) is 9.57. The highest BCUT2D eigenvalue weighted by molar-refractivity contribution is 7.93. The summed E-state index contributed by atoms with van der Waals surface area (Å²) in [5.74, 6) is -0.873. The Balaban J connectivity index is 3.15. The molecule has 1 fully saturated rings. The number of nitrogens with one attached hydrogen (secondary N) is 1. The van der Waals surface area contributed by atoms with Crippen molar-refractivity contribution in [3.63, 3.8) is 0 Å². The Morgan fingerprint density at radius 3 is 2.17 bits per heavy atom. The first-order valence-electron chi connectivity index (χ1n) is 3.83. The first kappa shape index (κ1) is 9.51. The van der Waals surface area contributed by atoms with Crippen molar-refractivity contribution in [2.75, 3.05) is 5.75 Å². The Morgan fingerprint density at radius 2 is 2.00 bits per heavy atom. The molecule has 0 radical (unpaired) electrons. The molecule has 5 heteroatoms. The number of hydrogen-bond donors (Lipinski definition) is 1. The largest absolute Gasteiger partial charge is 0.336 e. The summed E-state index contributed by atoms with van der Waals surface area (Å²) in [7, 11) is -3.30. The van der Waals surface area contributed by atoms with Gasteiger partial charge in [0.25, 0.3) is 0 Å². The maximum absolute atomic E-state index is 11.5. The molecule has 1 saturated heterocycles. The zero-order valence-electron chi connectivity index (χ0n) is 7.42. The third-order valence-electron chi connectivity index (χ3n) is 2.46. The van der Waals surface area contributed by atoms with E-state index in [1.807, 2.05) is 0 Å². The van der Waals surface area contributed by atoms with Crippen LogP contribution in [0, 0.1) is 5.92 Å². The minimum atomic E-state index is -3.30. The van der Waals surface area contributed by atoms with Crippen molar-refractivity contribution < 1.29 is 13.2 Å². The van der Waals surface area contributed by atoms with Crippen LogP contribution in [0.2, 0.25) is 0 Å². The molecular weight excluding hydrogens is 178 g/mol. The Kier molecular flexibility index (Phi) is 1.94. The second kappa shape index (κ2) is 2.45. The molecule has 0 spiro atoms. The number of amides is 1. The standard InChI is InChI=1S/C7H13NO3S/c1-5(2)7(3)8-6(9)4-12(7,10)11/h5H,4H2,1-3H3,(H,8,9). The number of hydrogen-bond acceptors (Lipinski definition) is 3. The van der Waals surface area contributed by atoms with Gasteiger partial charge in [0.1, 0.15) is 10.6 Å². The van der Waals surface area contributed by atoms with E-state index < -0.39 is 20.6 Å². The smallest absolute Gasteiger partial charge is 0.236 e. The van der Waals surface area contributed by atoms with Gasteiger partial charge >= 0.3 is 0 Å². The van der Waals surface area contributed by atoms with E-state index in [1.165, 1.54) is 0 Å². The van der Waals surface area contributed by atoms with Crippen LogP contribution in [0.3, 0.4) is 0 Å². The van der Waals surface area contributed by atoms with Crippen LogP contribution < -0.4 is 5.32 Å². The Bertz CT molecular complexity index is 307. The zero-order valence-corrected chi connectivity index (χ0v) is 8.23. The van der Waals surface area contributed by atoms with Crippen molar-refractivity contribution in [1.82, 2.24) is 5.32 Å². The molecule has 1 aliphatic rings. The van der Waals surface area contributed by atoms with Crippen molar-refractivity contribution in [3.05, 3.63) is 0 Å². The second-order valence-electron chi connectivity index (χ2n) is 3.57. The van der Waals surface area contributed by atoms with Gasteiger partial charge in [-0.05, 0) is 12.8 Å². The van der Waals surface area contributed by atoms with Gasteiger partial charge in [-0.2, -0.15) is 0 Å². The summed E-state index contributed by atoms with van der Waals surface area (Å²) in [6.45, 7) is 5.12. The highest BCUT2D eigenvalue weighted by Gasteiger charge is 2.49. The van der Waals surface area contributed by atoms with Crippen LogP contribution >= 0.6 is 0 Å². The van der Waals surface area contributed by atoms with Gasteiger partial charge in [-0.25, -0.2) is 8.42 Å². The Morgan fingerprint density at radius 1 is 1.50 bits per heavy atom. The molecule has 0 bridgehead atoms. The molecule has 12 heavy (non-hydrogen) atoms. The van der Waals surface area contributed by atoms with Gasteiger partial charge in [0.05, 0.1) is 0 Å². The monoisotopic (exact) mass is 191 g/mol. The second-order valence-corrected chi connectivity index (χ2v) is 5.94. The van der Waals surface area contributed by atoms with Gasteiger partial charge in [0.2, 0.25) is 5.91 Å². The normalized spacial score (nSPS) is 33.8. The molecule has 1 N–H and O–H groups in total. The Labute approximate surface area is 72.3 Å². The van der Waals surface area contributed by atoms with E-state index in [0.717, 1.165) is 0 Å². The lowest BCUT2D eigenvalue weighted by molar-refractivity contribution is -0.118. The number of rotatable bonds is 1. The molecule has 1 unspecified atom stereocenters. The predicted molar refractivity (Wildman–Crippen MR) is 45.2 cm³/mol. The van der Waals surface area contributed by atoms with Crippen LogP contribution in [0.15, 0.2) is 0 Å². The molecule has 1 aliphatic heterocycles. The maximum atomic E-state index is 11.5. The maximum Gasteiger partial charge on any atom is 0.236 e. The molecule has 0 aliphatic carbocycles. The van der Waals surface area contributed by atoms with Crippen molar-refractivity contribution >= 4 is 15.7 Å². The van der Waals surface area contributed by atoms with Gasteiger partial charge < -0.3 is 5.32 Å².